The Balaban J connectivity index is 1.86. The van der Waals surface area contributed by atoms with Crippen molar-refractivity contribution in [3.8, 4) is 21.3 Å². The average Bonchev–Trinajstić information content (AvgIpc) is 3.15. The van der Waals surface area contributed by atoms with Gasteiger partial charge in [0, 0.05) is 10.6 Å². The molecule has 4 rings (SSSR count). The van der Waals surface area contributed by atoms with Crippen molar-refractivity contribution in [3.63, 3.8) is 0 Å². The van der Waals surface area contributed by atoms with Gasteiger partial charge in [0.2, 0.25) is 4.96 Å². The van der Waals surface area contributed by atoms with E-state index in [4.69, 9.17) is 11.6 Å². The Bertz CT molecular complexity index is 920. The Morgan fingerprint density at radius 1 is 1.10 bits per heavy atom. The van der Waals surface area contributed by atoms with E-state index in [1.807, 2.05) is 28.8 Å². The molecule has 0 saturated heterocycles. The van der Waals surface area contributed by atoms with Crippen molar-refractivity contribution in [2.24, 2.45) is 0 Å². The molecule has 3 aromatic heterocycles. The molecule has 0 bridgehead atoms. The monoisotopic (exact) mass is 332 g/mol. The van der Waals surface area contributed by atoms with Gasteiger partial charge in [-0.3, -0.25) is 0 Å². The minimum atomic E-state index is 0.719. The van der Waals surface area contributed by atoms with Gasteiger partial charge in [-0.15, -0.1) is 21.5 Å². The fraction of sp³-hybridized carbons (Fsp3) is 0.0714. The summed E-state index contributed by atoms with van der Waals surface area (Å²) in [5.41, 5.74) is 2.22. The zero-order chi connectivity index (χ0) is 14.4. The third kappa shape index (κ3) is 2.16. The molecule has 4 aromatic rings. The van der Waals surface area contributed by atoms with Crippen LogP contribution in [0.1, 0.15) is 5.56 Å². The third-order valence-electron chi connectivity index (χ3n) is 3.15. The van der Waals surface area contributed by atoms with Gasteiger partial charge >= 0.3 is 0 Å². The lowest BCUT2D eigenvalue weighted by molar-refractivity contribution is 0.973. The van der Waals surface area contributed by atoms with Crippen LogP contribution in [0.15, 0.2) is 35.7 Å². The summed E-state index contributed by atoms with van der Waals surface area (Å²) in [5, 5.41) is 16.8. The largest absolute Gasteiger partial charge is 0.235 e. The van der Waals surface area contributed by atoms with E-state index < -0.39 is 0 Å². The molecule has 0 N–H and O–H groups in total. The minimum Gasteiger partial charge on any atom is -0.181 e. The second-order valence-corrected chi connectivity index (χ2v) is 6.87. The van der Waals surface area contributed by atoms with Crippen LogP contribution in [0.2, 0.25) is 5.02 Å². The van der Waals surface area contributed by atoms with Crippen molar-refractivity contribution >= 4 is 39.2 Å². The quantitative estimate of drug-likeness (QED) is 0.541. The summed E-state index contributed by atoms with van der Waals surface area (Å²) < 4.78 is 1.81. The Hall–Kier alpha value is -1.76. The molecule has 0 fully saturated rings. The summed E-state index contributed by atoms with van der Waals surface area (Å²) in [6, 6.07) is 9.73. The van der Waals surface area contributed by atoms with Crippen LogP contribution < -0.4 is 0 Å². The van der Waals surface area contributed by atoms with E-state index in [0.717, 1.165) is 31.3 Å². The maximum Gasteiger partial charge on any atom is 0.235 e. The topological polar surface area (TPSA) is 43.1 Å². The van der Waals surface area contributed by atoms with Gasteiger partial charge in [-0.25, -0.2) is 0 Å². The lowest BCUT2D eigenvalue weighted by atomic mass is 10.2. The van der Waals surface area contributed by atoms with Crippen molar-refractivity contribution in [3.05, 3.63) is 46.3 Å². The van der Waals surface area contributed by atoms with Crippen molar-refractivity contribution in [1.29, 1.82) is 0 Å². The Kier molecular flexibility index (Phi) is 3.02. The maximum atomic E-state index is 5.92. The molecular weight excluding hydrogens is 324 g/mol. The summed E-state index contributed by atoms with van der Waals surface area (Å²) in [4.78, 5) is 1.90. The molecule has 104 valence electrons. The van der Waals surface area contributed by atoms with Gasteiger partial charge in [-0.1, -0.05) is 35.1 Å². The van der Waals surface area contributed by atoms with Gasteiger partial charge in [0.15, 0.2) is 5.82 Å². The number of aryl methyl sites for hydroxylation is 1. The number of benzene rings is 1. The van der Waals surface area contributed by atoms with E-state index in [2.05, 4.69) is 33.7 Å². The Morgan fingerprint density at radius 2 is 1.90 bits per heavy atom. The molecule has 21 heavy (non-hydrogen) atoms. The Labute approximate surface area is 133 Å². The highest BCUT2D eigenvalue weighted by atomic mass is 35.5. The molecule has 0 atom stereocenters. The van der Waals surface area contributed by atoms with Crippen LogP contribution >= 0.6 is 34.3 Å². The van der Waals surface area contributed by atoms with E-state index in [1.54, 1.807) is 11.3 Å². The van der Waals surface area contributed by atoms with E-state index in [1.165, 1.54) is 16.9 Å². The van der Waals surface area contributed by atoms with Crippen molar-refractivity contribution in [2.45, 2.75) is 6.92 Å². The number of hydrogen-bond donors (Lipinski definition) is 0. The van der Waals surface area contributed by atoms with Crippen molar-refractivity contribution in [2.75, 3.05) is 0 Å². The predicted octanol–water partition coefficient (Wildman–Crippen LogP) is 4.54. The van der Waals surface area contributed by atoms with E-state index in [-0.39, 0.29) is 0 Å². The number of halogens is 1. The lowest BCUT2D eigenvalue weighted by Crippen LogP contribution is -1.90. The molecule has 0 saturated carbocycles. The SMILES string of the molecule is Cc1ccsc1-c1nnc2sc(-c3ccc(Cl)cc3)nn12. The molecular formula is C14H9ClN4S2. The van der Waals surface area contributed by atoms with E-state index in [0.29, 0.717) is 0 Å². The third-order valence-corrected chi connectivity index (χ3v) is 5.36. The van der Waals surface area contributed by atoms with Crippen LogP contribution in [0.25, 0.3) is 26.2 Å². The van der Waals surface area contributed by atoms with Crippen LogP contribution in [0.3, 0.4) is 0 Å². The zero-order valence-electron chi connectivity index (χ0n) is 10.9. The highest BCUT2D eigenvalue weighted by Crippen LogP contribution is 2.31. The van der Waals surface area contributed by atoms with Gasteiger partial charge in [0.05, 0.1) is 4.88 Å². The van der Waals surface area contributed by atoms with Gasteiger partial charge < -0.3 is 0 Å². The first-order valence-electron chi connectivity index (χ1n) is 6.25. The fourth-order valence-corrected chi connectivity index (χ4v) is 3.94. The van der Waals surface area contributed by atoms with E-state index in [9.17, 15) is 0 Å². The highest BCUT2D eigenvalue weighted by Gasteiger charge is 2.16. The lowest BCUT2D eigenvalue weighted by Gasteiger charge is -1.96. The summed E-state index contributed by atoms with van der Waals surface area (Å²) in [7, 11) is 0. The minimum absolute atomic E-state index is 0.719. The summed E-state index contributed by atoms with van der Waals surface area (Å²) in [5.74, 6) is 0.800. The molecule has 4 nitrogen and oxygen atoms in total. The summed E-state index contributed by atoms with van der Waals surface area (Å²) in [6.45, 7) is 2.07. The first-order chi connectivity index (χ1) is 10.2. The molecule has 0 aliphatic rings. The second-order valence-electron chi connectivity index (χ2n) is 4.56. The second kappa shape index (κ2) is 4.91. The van der Waals surface area contributed by atoms with Gasteiger partial charge in [0.1, 0.15) is 5.01 Å². The molecule has 0 amide bonds. The molecule has 7 heteroatoms. The molecule has 0 radical (unpaired) electrons. The summed E-state index contributed by atoms with van der Waals surface area (Å²) >= 11 is 9.10. The molecule has 0 unspecified atom stereocenters. The number of aromatic nitrogens is 4. The Morgan fingerprint density at radius 3 is 2.62 bits per heavy atom. The molecule has 1 aromatic carbocycles. The number of hydrogen-bond acceptors (Lipinski definition) is 5. The molecule has 0 spiro atoms. The standard InChI is InChI=1S/C14H9ClN4S2/c1-8-6-7-20-11(8)12-16-17-14-19(12)18-13(21-14)9-2-4-10(15)5-3-9/h2-7H,1H3. The molecule has 3 heterocycles. The smallest absolute Gasteiger partial charge is 0.181 e. The van der Waals surface area contributed by atoms with Crippen LogP contribution in [0.5, 0.6) is 0 Å². The summed E-state index contributed by atoms with van der Waals surface area (Å²) in [6.07, 6.45) is 0. The maximum absolute atomic E-state index is 5.92. The highest BCUT2D eigenvalue weighted by molar-refractivity contribution is 7.20. The fourth-order valence-electron chi connectivity index (χ4n) is 2.07. The van der Waals surface area contributed by atoms with Crippen LogP contribution in [0.4, 0.5) is 0 Å². The van der Waals surface area contributed by atoms with Gasteiger partial charge in [0.25, 0.3) is 0 Å². The zero-order valence-corrected chi connectivity index (χ0v) is 13.3. The van der Waals surface area contributed by atoms with Crippen molar-refractivity contribution < 1.29 is 0 Å². The number of thiophene rings is 1. The molecule has 0 aliphatic heterocycles. The van der Waals surface area contributed by atoms with Gasteiger partial charge in [-0.2, -0.15) is 9.61 Å². The first kappa shape index (κ1) is 12.9. The number of nitrogens with zero attached hydrogens (tertiary/aromatic N) is 4. The van der Waals surface area contributed by atoms with Crippen LogP contribution in [-0.2, 0) is 0 Å². The van der Waals surface area contributed by atoms with Crippen LogP contribution in [-0.4, -0.2) is 19.8 Å². The first-order valence-corrected chi connectivity index (χ1v) is 8.32. The average molecular weight is 333 g/mol. The number of rotatable bonds is 2. The number of fused-ring (bicyclic) bond motifs is 1. The van der Waals surface area contributed by atoms with Crippen molar-refractivity contribution in [1.82, 2.24) is 19.8 Å². The van der Waals surface area contributed by atoms with Crippen LogP contribution in [0, 0.1) is 6.92 Å². The normalized spacial score (nSPS) is 11.3. The van der Waals surface area contributed by atoms with Gasteiger partial charge in [-0.05, 0) is 36.1 Å². The molecule has 0 aliphatic carbocycles. The van der Waals surface area contributed by atoms with E-state index >= 15 is 0 Å². The predicted molar refractivity (Wildman–Crippen MR) is 87.2 cm³/mol.